The van der Waals surface area contributed by atoms with Gasteiger partial charge in [-0.25, -0.2) is 0 Å². The van der Waals surface area contributed by atoms with Gasteiger partial charge in [0.15, 0.2) is 0 Å². The molecule has 1 heterocycles. The third-order valence-corrected chi connectivity index (χ3v) is 3.85. The molecule has 0 aliphatic carbocycles. The van der Waals surface area contributed by atoms with E-state index in [1.807, 2.05) is 6.07 Å². The van der Waals surface area contributed by atoms with Crippen molar-refractivity contribution < 1.29 is 5.11 Å². The number of allylic oxidation sites excluding steroid dienone is 1. The summed E-state index contributed by atoms with van der Waals surface area (Å²) in [5.41, 5.74) is 2.53. The summed E-state index contributed by atoms with van der Waals surface area (Å²) in [5.74, 6) is 0.955. The SMILES string of the molecule is CC1=C(CO)SCN1Cc1ccccc1. The number of nitrogens with zero attached hydrogens (tertiary/aromatic N) is 1. The van der Waals surface area contributed by atoms with Crippen molar-refractivity contribution in [1.82, 2.24) is 4.90 Å². The molecule has 2 rings (SSSR count). The van der Waals surface area contributed by atoms with Crippen molar-refractivity contribution in [3.05, 3.63) is 46.5 Å². The van der Waals surface area contributed by atoms with E-state index in [1.54, 1.807) is 11.8 Å². The van der Waals surface area contributed by atoms with Crippen molar-refractivity contribution in [2.24, 2.45) is 0 Å². The normalized spacial score (nSPS) is 16.3. The van der Waals surface area contributed by atoms with Crippen LogP contribution in [0, 0.1) is 0 Å². The molecule has 1 aliphatic heterocycles. The molecule has 15 heavy (non-hydrogen) atoms. The van der Waals surface area contributed by atoms with Gasteiger partial charge in [0.05, 0.1) is 12.5 Å². The maximum Gasteiger partial charge on any atom is 0.0758 e. The number of hydrogen-bond acceptors (Lipinski definition) is 3. The molecule has 0 aromatic heterocycles. The second kappa shape index (κ2) is 4.73. The average molecular weight is 221 g/mol. The molecule has 0 spiro atoms. The minimum Gasteiger partial charge on any atom is -0.391 e. The molecule has 0 saturated heterocycles. The Kier molecular flexibility index (Phi) is 3.34. The molecule has 0 atom stereocenters. The van der Waals surface area contributed by atoms with Gasteiger partial charge in [0.2, 0.25) is 0 Å². The molecule has 1 aromatic rings. The molecular formula is C12H15NOS. The topological polar surface area (TPSA) is 23.5 Å². The molecule has 0 fully saturated rings. The highest BCUT2D eigenvalue weighted by molar-refractivity contribution is 8.03. The van der Waals surface area contributed by atoms with Crippen LogP contribution in [0.3, 0.4) is 0 Å². The Bertz CT molecular complexity index is 361. The van der Waals surface area contributed by atoms with Crippen molar-refractivity contribution in [3.63, 3.8) is 0 Å². The molecule has 0 saturated carbocycles. The van der Waals surface area contributed by atoms with Crippen LogP contribution in [-0.4, -0.2) is 22.5 Å². The summed E-state index contributed by atoms with van der Waals surface area (Å²) in [6.07, 6.45) is 0. The first-order valence-corrected chi connectivity index (χ1v) is 6.02. The number of rotatable bonds is 3. The fourth-order valence-electron chi connectivity index (χ4n) is 1.66. The molecule has 0 bridgehead atoms. The second-order valence-electron chi connectivity index (χ2n) is 3.62. The third kappa shape index (κ3) is 2.36. The Morgan fingerprint density at radius 1 is 1.33 bits per heavy atom. The molecule has 0 radical (unpaired) electrons. The first-order valence-electron chi connectivity index (χ1n) is 5.03. The van der Waals surface area contributed by atoms with E-state index in [9.17, 15) is 0 Å². The molecule has 0 amide bonds. The van der Waals surface area contributed by atoms with Gasteiger partial charge in [-0.1, -0.05) is 30.3 Å². The van der Waals surface area contributed by atoms with Gasteiger partial charge in [-0.15, -0.1) is 11.8 Å². The smallest absolute Gasteiger partial charge is 0.0758 e. The predicted octanol–water partition coefficient (Wildman–Crippen LogP) is 2.42. The molecule has 80 valence electrons. The van der Waals surface area contributed by atoms with Crippen molar-refractivity contribution in [3.8, 4) is 0 Å². The van der Waals surface area contributed by atoms with Crippen LogP contribution in [0.4, 0.5) is 0 Å². The third-order valence-electron chi connectivity index (χ3n) is 2.63. The zero-order valence-corrected chi connectivity index (χ0v) is 9.63. The van der Waals surface area contributed by atoms with Gasteiger partial charge >= 0.3 is 0 Å². The van der Waals surface area contributed by atoms with Crippen molar-refractivity contribution in [2.75, 3.05) is 12.5 Å². The molecule has 1 N–H and O–H groups in total. The Balaban J connectivity index is 2.06. The van der Waals surface area contributed by atoms with Crippen LogP contribution in [0.5, 0.6) is 0 Å². The lowest BCUT2D eigenvalue weighted by Gasteiger charge is -2.19. The van der Waals surface area contributed by atoms with E-state index >= 15 is 0 Å². The highest BCUT2D eigenvalue weighted by atomic mass is 32.2. The van der Waals surface area contributed by atoms with Crippen LogP contribution in [-0.2, 0) is 6.54 Å². The molecule has 1 aromatic carbocycles. The summed E-state index contributed by atoms with van der Waals surface area (Å²) in [6, 6.07) is 10.4. The maximum absolute atomic E-state index is 9.11. The van der Waals surface area contributed by atoms with Gasteiger partial charge in [0, 0.05) is 17.1 Å². The highest BCUT2D eigenvalue weighted by Gasteiger charge is 2.18. The average Bonchev–Trinajstić information content (AvgIpc) is 2.62. The van der Waals surface area contributed by atoms with Gasteiger partial charge in [-0.05, 0) is 12.5 Å². The Hall–Kier alpha value is -0.930. The van der Waals surface area contributed by atoms with E-state index in [4.69, 9.17) is 5.11 Å². The monoisotopic (exact) mass is 221 g/mol. The van der Waals surface area contributed by atoms with Crippen molar-refractivity contribution in [1.29, 1.82) is 0 Å². The molecule has 3 heteroatoms. The van der Waals surface area contributed by atoms with Crippen LogP contribution in [0.2, 0.25) is 0 Å². The van der Waals surface area contributed by atoms with Crippen LogP contribution < -0.4 is 0 Å². The number of hydrogen-bond donors (Lipinski definition) is 1. The molecule has 0 unspecified atom stereocenters. The summed E-state index contributed by atoms with van der Waals surface area (Å²) < 4.78 is 0. The van der Waals surface area contributed by atoms with E-state index in [1.165, 1.54) is 11.3 Å². The summed E-state index contributed by atoms with van der Waals surface area (Å²) in [5, 5.41) is 9.11. The van der Waals surface area contributed by atoms with E-state index in [2.05, 4.69) is 36.1 Å². The van der Waals surface area contributed by atoms with Gasteiger partial charge in [0.25, 0.3) is 0 Å². The Morgan fingerprint density at radius 2 is 2.07 bits per heavy atom. The fourth-order valence-corrected chi connectivity index (χ4v) is 2.69. The van der Waals surface area contributed by atoms with Gasteiger partial charge < -0.3 is 10.0 Å². The molecule has 2 nitrogen and oxygen atoms in total. The highest BCUT2D eigenvalue weighted by Crippen LogP contribution is 2.32. The van der Waals surface area contributed by atoms with Gasteiger partial charge in [-0.3, -0.25) is 0 Å². The summed E-state index contributed by atoms with van der Waals surface area (Å²) in [4.78, 5) is 3.40. The minimum absolute atomic E-state index is 0.168. The Morgan fingerprint density at radius 3 is 2.67 bits per heavy atom. The largest absolute Gasteiger partial charge is 0.391 e. The number of thioether (sulfide) groups is 1. The minimum atomic E-state index is 0.168. The van der Waals surface area contributed by atoms with Gasteiger partial charge in [-0.2, -0.15) is 0 Å². The lowest BCUT2D eigenvalue weighted by atomic mass is 10.2. The number of aliphatic hydroxyl groups excluding tert-OH is 1. The van der Waals surface area contributed by atoms with Crippen molar-refractivity contribution in [2.45, 2.75) is 13.5 Å². The molecule has 1 aliphatic rings. The maximum atomic E-state index is 9.11. The zero-order valence-electron chi connectivity index (χ0n) is 8.81. The zero-order chi connectivity index (χ0) is 10.7. The van der Waals surface area contributed by atoms with E-state index in [0.29, 0.717) is 0 Å². The van der Waals surface area contributed by atoms with Gasteiger partial charge in [0.1, 0.15) is 0 Å². The second-order valence-corrected chi connectivity index (χ2v) is 4.66. The summed E-state index contributed by atoms with van der Waals surface area (Å²) in [6.45, 7) is 3.18. The number of aliphatic hydroxyl groups is 1. The first kappa shape index (κ1) is 10.6. The van der Waals surface area contributed by atoms with Crippen LogP contribution in [0.15, 0.2) is 40.9 Å². The Labute approximate surface area is 94.6 Å². The first-order chi connectivity index (χ1) is 7.31. The van der Waals surface area contributed by atoms with Crippen LogP contribution in [0.25, 0.3) is 0 Å². The van der Waals surface area contributed by atoms with Crippen LogP contribution in [0.1, 0.15) is 12.5 Å². The van der Waals surface area contributed by atoms with Crippen molar-refractivity contribution >= 4 is 11.8 Å². The fraction of sp³-hybridized carbons (Fsp3) is 0.333. The van der Waals surface area contributed by atoms with E-state index in [0.717, 1.165) is 17.3 Å². The summed E-state index contributed by atoms with van der Waals surface area (Å²) >= 11 is 1.73. The summed E-state index contributed by atoms with van der Waals surface area (Å²) in [7, 11) is 0. The van der Waals surface area contributed by atoms with E-state index in [-0.39, 0.29) is 6.61 Å². The van der Waals surface area contributed by atoms with E-state index < -0.39 is 0 Å². The number of benzene rings is 1. The quantitative estimate of drug-likeness (QED) is 0.848. The predicted molar refractivity (Wildman–Crippen MR) is 64.2 cm³/mol. The standard InChI is InChI=1S/C12H15NOS/c1-10-12(8-14)15-9-13(10)7-11-5-3-2-4-6-11/h2-6,14H,7-9H2,1H3. The molecular weight excluding hydrogens is 206 g/mol. The lowest BCUT2D eigenvalue weighted by molar-refractivity contribution is 0.332. The van der Waals surface area contributed by atoms with Crippen LogP contribution >= 0.6 is 11.8 Å². The lowest BCUT2D eigenvalue weighted by Crippen LogP contribution is -2.16.